The van der Waals surface area contributed by atoms with Gasteiger partial charge >= 0.3 is 5.97 Å². The maximum absolute atomic E-state index is 11.0. The molecule has 1 aromatic carbocycles. The highest BCUT2D eigenvalue weighted by Crippen LogP contribution is 2.24. The molecule has 1 heterocycles. The Balaban J connectivity index is 2.13. The first-order valence-electron chi connectivity index (χ1n) is 6.82. The molecular formula is C15H21NO3. The Morgan fingerprint density at radius 2 is 2.32 bits per heavy atom. The van der Waals surface area contributed by atoms with Crippen molar-refractivity contribution in [3.05, 3.63) is 29.3 Å². The smallest absolute Gasteiger partial charge is 0.335 e. The summed E-state index contributed by atoms with van der Waals surface area (Å²) in [4.78, 5) is 13.3. The lowest BCUT2D eigenvalue weighted by Crippen LogP contribution is -2.39. The van der Waals surface area contributed by atoms with Gasteiger partial charge in [-0.1, -0.05) is 0 Å². The highest BCUT2D eigenvalue weighted by molar-refractivity contribution is 5.89. The molecule has 0 aliphatic carbocycles. The SMILES string of the molecule is CCOC1CCCN(c2ccc(C(=O)O)c(C)c2)C1. The molecule has 0 bridgehead atoms. The van der Waals surface area contributed by atoms with E-state index < -0.39 is 5.97 Å². The van der Waals surface area contributed by atoms with E-state index >= 15 is 0 Å². The third kappa shape index (κ3) is 3.26. The standard InChI is InChI=1S/C15H21NO3/c1-3-19-13-5-4-8-16(10-13)12-6-7-14(15(17)18)11(2)9-12/h6-7,9,13H,3-5,8,10H2,1-2H3,(H,17,18). The van der Waals surface area contributed by atoms with E-state index in [1.165, 1.54) is 0 Å². The van der Waals surface area contributed by atoms with Gasteiger partial charge in [0.15, 0.2) is 0 Å². The Labute approximate surface area is 114 Å². The van der Waals surface area contributed by atoms with Gasteiger partial charge in [0.25, 0.3) is 0 Å². The van der Waals surface area contributed by atoms with E-state index in [0.29, 0.717) is 11.7 Å². The first kappa shape index (κ1) is 13.9. The number of carboxylic acid groups (broad SMARTS) is 1. The normalized spacial score (nSPS) is 19.5. The molecule has 1 N–H and O–H groups in total. The first-order valence-corrected chi connectivity index (χ1v) is 6.82. The summed E-state index contributed by atoms with van der Waals surface area (Å²) in [6.07, 6.45) is 2.51. The summed E-state index contributed by atoms with van der Waals surface area (Å²) in [5.74, 6) is -0.866. The van der Waals surface area contributed by atoms with Crippen LogP contribution in [0.15, 0.2) is 18.2 Å². The molecule has 1 unspecified atom stereocenters. The van der Waals surface area contributed by atoms with Crippen molar-refractivity contribution < 1.29 is 14.6 Å². The summed E-state index contributed by atoms with van der Waals surface area (Å²) in [6.45, 7) is 6.51. The third-order valence-electron chi connectivity index (χ3n) is 3.59. The molecule has 19 heavy (non-hydrogen) atoms. The van der Waals surface area contributed by atoms with E-state index in [-0.39, 0.29) is 0 Å². The summed E-state index contributed by atoms with van der Waals surface area (Å²) in [7, 11) is 0. The fourth-order valence-electron chi connectivity index (χ4n) is 2.63. The number of nitrogens with zero attached hydrogens (tertiary/aromatic N) is 1. The minimum atomic E-state index is -0.866. The Hall–Kier alpha value is -1.55. The van der Waals surface area contributed by atoms with Gasteiger partial charge in [-0.2, -0.15) is 0 Å². The van der Waals surface area contributed by atoms with Crippen molar-refractivity contribution in [3.8, 4) is 0 Å². The van der Waals surface area contributed by atoms with Gasteiger partial charge < -0.3 is 14.7 Å². The average Bonchev–Trinajstić information content (AvgIpc) is 2.39. The fourth-order valence-corrected chi connectivity index (χ4v) is 2.63. The molecular weight excluding hydrogens is 242 g/mol. The second-order valence-electron chi connectivity index (χ2n) is 4.97. The lowest BCUT2D eigenvalue weighted by Gasteiger charge is -2.34. The van der Waals surface area contributed by atoms with Crippen molar-refractivity contribution in [1.29, 1.82) is 0 Å². The summed E-state index contributed by atoms with van der Waals surface area (Å²) < 4.78 is 5.69. The van der Waals surface area contributed by atoms with Crippen molar-refractivity contribution >= 4 is 11.7 Å². The molecule has 1 aliphatic rings. The Morgan fingerprint density at radius 3 is 2.95 bits per heavy atom. The number of rotatable bonds is 4. The first-order chi connectivity index (χ1) is 9.11. The van der Waals surface area contributed by atoms with Gasteiger partial charge in [0.2, 0.25) is 0 Å². The molecule has 4 nitrogen and oxygen atoms in total. The molecule has 1 atom stereocenters. The highest BCUT2D eigenvalue weighted by Gasteiger charge is 2.21. The van der Waals surface area contributed by atoms with E-state index in [1.54, 1.807) is 6.07 Å². The van der Waals surface area contributed by atoms with Crippen LogP contribution < -0.4 is 4.90 Å². The summed E-state index contributed by atoms with van der Waals surface area (Å²) in [5.41, 5.74) is 2.28. The number of hydrogen-bond donors (Lipinski definition) is 1. The van der Waals surface area contributed by atoms with Crippen LogP contribution in [-0.4, -0.2) is 36.9 Å². The van der Waals surface area contributed by atoms with Crippen molar-refractivity contribution in [3.63, 3.8) is 0 Å². The fraction of sp³-hybridized carbons (Fsp3) is 0.533. The highest BCUT2D eigenvalue weighted by atomic mass is 16.5. The van der Waals surface area contributed by atoms with Gasteiger partial charge in [-0.3, -0.25) is 0 Å². The van der Waals surface area contributed by atoms with Crippen molar-refractivity contribution in [2.75, 3.05) is 24.6 Å². The van der Waals surface area contributed by atoms with Gasteiger partial charge in [-0.05, 0) is 50.5 Å². The zero-order chi connectivity index (χ0) is 13.8. The van der Waals surface area contributed by atoms with E-state index in [2.05, 4.69) is 4.90 Å². The van der Waals surface area contributed by atoms with Crippen molar-refractivity contribution in [2.24, 2.45) is 0 Å². The Morgan fingerprint density at radius 1 is 1.53 bits per heavy atom. The molecule has 0 amide bonds. The molecule has 0 spiro atoms. The molecule has 0 aromatic heterocycles. The van der Waals surface area contributed by atoms with E-state index in [9.17, 15) is 4.79 Å². The van der Waals surface area contributed by atoms with Crippen LogP contribution in [0.4, 0.5) is 5.69 Å². The van der Waals surface area contributed by atoms with E-state index in [0.717, 1.165) is 43.8 Å². The number of carboxylic acids is 1. The third-order valence-corrected chi connectivity index (χ3v) is 3.59. The molecule has 4 heteroatoms. The summed E-state index contributed by atoms with van der Waals surface area (Å²) in [5, 5.41) is 9.05. The van der Waals surface area contributed by atoms with Gasteiger partial charge in [0.05, 0.1) is 11.7 Å². The molecule has 104 valence electrons. The van der Waals surface area contributed by atoms with Crippen LogP contribution >= 0.6 is 0 Å². The maximum atomic E-state index is 11.0. The molecule has 0 radical (unpaired) electrons. The number of ether oxygens (including phenoxy) is 1. The quantitative estimate of drug-likeness (QED) is 0.907. The minimum absolute atomic E-state index is 0.290. The van der Waals surface area contributed by atoms with Crippen molar-refractivity contribution in [2.45, 2.75) is 32.8 Å². The zero-order valence-electron chi connectivity index (χ0n) is 11.6. The molecule has 1 fully saturated rings. The van der Waals surface area contributed by atoms with Gasteiger partial charge in [-0.15, -0.1) is 0 Å². The monoisotopic (exact) mass is 263 g/mol. The maximum Gasteiger partial charge on any atom is 0.335 e. The largest absolute Gasteiger partial charge is 0.478 e. The number of carbonyl (C=O) groups is 1. The van der Waals surface area contributed by atoms with Crippen LogP contribution in [0.25, 0.3) is 0 Å². The Kier molecular flexibility index (Phi) is 4.43. The number of benzene rings is 1. The van der Waals surface area contributed by atoms with Gasteiger partial charge in [0, 0.05) is 25.4 Å². The molecule has 0 saturated carbocycles. The lowest BCUT2D eigenvalue weighted by atomic mass is 10.0. The number of hydrogen-bond acceptors (Lipinski definition) is 3. The van der Waals surface area contributed by atoms with Crippen molar-refractivity contribution in [1.82, 2.24) is 0 Å². The second kappa shape index (κ2) is 6.06. The molecule has 2 rings (SSSR count). The van der Waals surface area contributed by atoms with Gasteiger partial charge in [-0.25, -0.2) is 4.79 Å². The van der Waals surface area contributed by atoms with Crippen LogP contribution in [-0.2, 0) is 4.74 Å². The molecule has 1 saturated heterocycles. The number of anilines is 1. The predicted octanol–water partition coefficient (Wildman–Crippen LogP) is 2.70. The minimum Gasteiger partial charge on any atom is -0.478 e. The van der Waals surface area contributed by atoms with Gasteiger partial charge in [0.1, 0.15) is 0 Å². The Bertz CT molecular complexity index is 457. The molecule has 1 aliphatic heterocycles. The van der Waals surface area contributed by atoms with Crippen LogP contribution in [0.5, 0.6) is 0 Å². The summed E-state index contributed by atoms with van der Waals surface area (Å²) in [6, 6.07) is 5.54. The van der Waals surface area contributed by atoms with Crippen LogP contribution in [0.1, 0.15) is 35.7 Å². The van der Waals surface area contributed by atoms with Crippen LogP contribution in [0.3, 0.4) is 0 Å². The average molecular weight is 263 g/mol. The zero-order valence-corrected chi connectivity index (χ0v) is 11.6. The van der Waals surface area contributed by atoms with E-state index in [4.69, 9.17) is 9.84 Å². The van der Waals surface area contributed by atoms with Crippen LogP contribution in [0, 0.1) is 6.92 Å². The number of aryl methyl sites for hydroxylation is 1. The second-order valence-corrected chi connectivity index (χ2v) is 4.97. The predicted molar refractivity (Wildman–Crippen MR) is 75.0 cm³/mol. The van der Waals surface area contributed by atoms with Crippen LogP contribution in [0.2, 0.25) is 0 Å². The summed E-state index contributed by atoms with van der Waals surface area (Å²) >= 11 is 0. The molecule has 1 aromatic rings. The van der Waals surface area contributed by atoms with E-state index in [1.807, 2.05) is 26.0 Å². The lowest BCUT2D eigenvalue weighted by molar-refractivity contribution is 0.0526. The topological polar surface area (TPSA) is 49.8 Å². The number of piperidine rings is 1. The number of aromatic carboxylic acids is 1.